The van der Waals surface area contributed by atoms with E-state index in [1.54, 1.807) is 44.2 Å². The first-order chi connectivity index (χ1) is 12.1. The molecule has 1 aliphatic heterocycles. The lowest BCUT2D eigenvalue weighted by molar-refractivity contribution is -0.144. The fourth-order valence-electron chi connectivity index (χ4n) is 2.41. The van der Waals surface area contributed by atoms with Crippen LogP contribution in [0.2, 0.25) is 0 Å². The molecule has 1 aromatic carbocycles. The number of esters is 2. The molecule has 25 heavy (non-hydrogen) atoms. The summed E-state index contributed by atoms with van der Waals surface area (Å²) in [4.78, 5) is 28.3. The van der Waals surface area contributed by atoms with Gasteiger partial charge in [0, 0.05) is 11.1 Å². The number of rotatable bonds is 5. The van der Waals surface area contributed by atoms with Crippen LogP contribution in [0.4, 0.5) is 0 Å². The first kappa shape index (κ1) is 17.9. The zero-order valence-electron chi connectivity index (χ0n) is 13.8. The number of nitrogens with zero attached hydrogens (tertiary/aromatic N) is 3. The van der Waals surface area contributed by atoms with Crippen molar-refractivity contribution in [2.75, 3.05) is 13.2 Å². The molecule has 1 aliphatic rings. The van der Waals surface area contributed by atoms with Gasteiger partial charge in [-0.05, 0) is 13.8 Å². The van der Waals surface area contributed by atoms with Crippen LogP contribution < -0.4 is 0 Å². The zero-order valence-corrected chi connectivity index (χ0v) is 13.8. The van der Waals surface area contributed by atoms with Gasteiger partial charge in [-0.15, -0.1) is 0 Å². The molecule has 0 saturated carbocycles. The normalized spacial score (nSPS) is 15.1. The molecule has 0 amide bonds. The van der Waals surface area contributed by atoms with Crippen LogP contribution in [0.3, 0.4) is 0 Å². The van der Waals surface area contributed by atoms with E-state index in [0.29, 0.717) is 11.1 Å². The summed E-state index contributed by atoms with van der Waals surface area (Å²) in [5.41, 5.74) is 0.977. The van der Waals surface area contributed by atoms with Gasteiger partial charge in [0.05, 0.1) is 30.7 Å². The van der Waals surface area contributed by atoms with Crippen LogP contribution in [0.1, 0.15) is 25.0 Å². The van der Waals surface area contributed by atoms with Crippen molar-refractivity contribution in [3.8, 4) is 12.1 Å². The minimum Gasteiger partial charge on any atom is -0.465 e. The van der Waals surface area contributed by atoms with Gasteiger partial charge in [0.2, 0.25) is 0 Å². The van der Waals surface area contributed by atoms with Crippen LogP contribution in [0, 0.1) is 28.6 Å². The van der Waals surface area contributed by atoms with Gasteiger partial charge in [-0.3, -0.25) is 4.79 Å². The largest absolute Gasteiger partial charge is 0.465 e. The van der Waals surface area contributed by atoms with E-state index in [1.165, 1.54) is 0 Å². The van der Waals surface area contributed by atoms with Gasteiger partial charge in [0.1, 0.15) is 6.07 Å². The molecule has 126 valence electrons. The maximum Gasteiger partial charge on any atom is 0.351 e. The fraction of sp³-hybridized carbons (Fsp3) is 0.278. The van der Waals surface area contributed by atoms with Crippen LogP contribution in [0.5, 0.6) is 0 Å². The molecule has 1 unspecified atom stereocenters. The number of hydrogen-bond acceptors (Lipinski definition) is 7. The molecular weight excluding hydrogens is 322 g/mol. The van der Waals surface area contributed by atoms with Crippen molar-refractivity contribution in [2.45, 2.75) is 13.8 Å². The summed E-state index contributed by atoms with van der Waals surface area (Å²) in [6.45, 7) is 3.50. The molecular formula is C18H15N3O4. The van der Waals surface area contributed by atoms with Crippen molar-refractivity contribution in [3.63, 3.8) is 0 Å². The van der Waals surface area contributed by atoms with Crippen molar-refractivity contribution in [1.29, 1.82) is 10.5 Å². The Kier molecular flexibility index (Phi) is 5.65. The van der Waals surface area contributed by atoms with Crippen molar-refractivity contribution >= 4 is 23.3 Å². The second kappa shape index (κ2) is 7.89. The molecule has 0 spiro atoms. The highest BCUT2D eigenvalue weighted by atomic mass is 16.5. The van der Waals surface area contributed by atoms with E-state index >= 15 is 0 Å². The number of benzene rings is 1. The van der Waals surface area contributed by atoms with E-state index in [-0.39, 0.29) is 30.2 Å². The predicted molar refractivity (Wildman–Crippen MR) is 87.9 cm³/mol. The third-order valence-corrected chi connectivity index (χ3v) is 3.44. The maximum absolute atomic E-state index is 12.1. The van der Waals surface area contributed by atoms with Gasteiger partial charge in [-0.25, -0.2) is 9.79 Å². The Labute approximate surface area is 144 Å². The van der Waals surface area contributed by atoms with Crippen LogP contribution in [-0.2, 0) is 19.1 Å². The van der Waals surface area contributed by atoms with Gasteiger partial charge >= 0.3 is 11.9 Å². The predicted octanol–water partition coefficient (Wildman–Crippen LogP) is 1.99. The van der Waals surface area contributed by atoms with E-state index in [0.717, 1.165) is 0 Å². The second-order valence-electron chi connectivity index (χ2n) is 4.91. The Balaban J connectivity index is 2.63. The lowest BCUT2D eigenvalue weighted by Gasteiger charge is -2.09. The van der Waals surface area contributed by atoms with E-state index in [1.807, 2.05) is 6.07 Å². The summed E-state index contributed by atoms with van der Waals surface area (Å²) in [6, 6.07) is 10.4. The number of nitriles is 2. The second-order valence-corrected chi connectivity index (χ2v) is 4.91. The lowest BCUT2D eigenvalue weighted by Crippen LogP contribution is -2.24. The third kappa shape index (κ3) is 3.41. The molecule has 0 saturated heterocycles. The average molecular weight is 337 g/mol. The van der Waals surface area contributed by atoms with E-state index in [9.17, 15) is 20.1 Å². The van der Waals surface area contributed by atoms with Crippen LogP contribution in [-0.4, -0.2) is 30.9 Å². The molecule has 0 radical (unpaired) electrons. The molecule has 0 bridgehead atoms. The molecule has 0 N–H and O–H groups in total. The summed E-state index contributed by atoms with van der Waals surface area (Å²) in [6.07, 6.45) is 0. The van der Waals surface area contributed by atoms with Crippen molar-refractivity contribution in [2.24, 2.45) is 10.9 Å². The highest BCUT2D eigenvalue weighted by Crippen LogP contribution is 2.34. The minimum atomic E-state index is -1.25. The highest BCUT2D eigenvalue weighted by molar-refractivity contribution is 6.22. The minimum absolute atomic E-state index is 0.0936. The topological polar surface area (TPSA) is 113 Å². The van der Waals surface area contributed by atoms with Crippen LogP contribution in [0.25, 0.3) is 5.70 Å². The van der Waals surface area contributed by atoms with Gasteiger partial charge in [-0.2, -0.15) is 10.5 Å². The Bertz CT molecular complexity index is 856. The molecule has 1 heterocycles. The highest BCUT2D eigenvalue weighted by Gasteiger charge is 2.34. The summed E-state index contributed by atoms with van der Waals surface area (Å²) < 4.78 is 9.80. The van der Waals surface area contributed by atoms with Crippen molar-refractivity contribution < 1.29 is 19.1 Å². The Hall–Kier alpha value is -3.45. The monoisotopic (exact) mass is 337 g/mol. The maximum atomic E-state index is 12.1. The van der Waals surface area contributed by atoms with Crippen molar-refractivity contribution in [1.82, 2.24) is 0 Å². The lowest BCUT2D eigenvalue weighted by atomic mass is 9.95. The third-order valence-electron chi connectivity index (χ3n) is 3.44. The Morgan fingerprint density at radius 1 is 1.12 bits per heavy atom. The van der Waals surface area contributed by atoms with Crippen LogP contribution in [0.15, 0.2) is 34.8 Å². The van der Waals surface area contributed by atoms with Crippen LogP contribution >= 0.6 is 0 Å². The van der Waals surface area contributed by atoms with Crippen molar-refractivity contribution in [3.05, 3.63) is 41.0 Å². The quantitative estimate of drug-likeness (QED) is 0.461. The zero-order chi connectivity index (χ0) is 18.4. The first-order valence-electron chi connectivity index (χ1n) is 7.65. The number of carbonyl (C=O) groups is 2. The molecule has 1 aromatic rings. The number of hydrogen-bond donors (Lipinski definition) is 0. The Morgan fingerprint density at radius 3 is 2.32 bits per heavy atom. The summed E-state index contributed by atoms with van der Waals surface area (Å²) >= 11 is 0. The van der Waals surface area contributed by atoms with Gasteiger partial charge in [-0.1, -0.05) is 24.3 Å². The Morgan fingerprint density at radius 2 is 1.76 bits per heavy atom. The molecule has 2 rings (SSSR count). The molecule has 7 nitrogen and oxygen atoms in total. The molecule has 7 heteroatoms. The molecule has 0 fully saturated rings. The van der Waals surface area contributed by atoms with E-state index in [2.05, 4.69) is 4.99 Å². The average Bonchev–Trinajstić information content (AvgIpc) is 2.97. The summed E-state index contributed by atoms with van der Waals surface area (Å²) in [5, 5.41) is 18.7. The van der Waals surface area contributed by atoms with Gasteiger partial charge in [0.15, 0.2) is 11.5 Å². The SMILES string of the molecule is CCOC(=O)/C(C#N)=C1\N=C(C(C#N)C(=O)OCC)c2ccccc21. The number of aliphatic imine (C=N–C) groups is 1. The summed E-state index contributed by atoms with van der Waals surface area (Å²) in [5.74, 6) is -2.78. The molecule has 1 atom stereocenters. The number of fused-ring (bicyclic) bond motifs is 1. The van der Waals surface area contributed by atoms with E-state index < -0.39 is 17.9 Å². The molecule has 0 aliphatic carbocycles. The standard InChI is InChI=1S/C18H15N3O4/c1-3-24-17(22)13(9-19)15-11-7-5-6-8-12(11)16(21-15)14(10-20)18(23)25-4-2/h5-8,13H,3-4H2,1-2H3/b16-14-. The fourth-order valence-corrected chi connectivity index (χ4v) is 2.41. The molecule has 0 aromatic heterocycles. The first-order valence-corrected chi connectivity index (χ1v) is 7.65. The van der Waals surface area contributed by atoms with Gasteiger partial charge < -0.3 is 9.47 Å². The smallest absolute Gasteiger partial charge is 0.351 e. The summed E-state index contributed by atoms with van der Waals surface area (Å²) in [7, 11) is 0. The number of ether oxygens (including phenoxy) is 2. The number of carbonyl (C=O) groups excluding carboxylic acids is 2. The van der Waals surface area contributed by atoms with E-state index in [4.69, 9.17) is 9.47 Å². The van der Waals surface area contributed by atoms with Gasteiger partial charge in [0.25, 0.3) is 0 Å².